The van der Waals surface area contributed by atoms with Gasteiger partial charge in [-0.1, -0.05) is 60.7 Å². The molecule has 0 radical (unpaired) electrons. The summed E-state index contributed by atoms with van der Waals surface area (Å²) in [5, 5.41) is 0. The van der Waals surface area contributed by atoms with Gasteiger partial charge in [-0.3, -0.25) is 0 Å². The molecule has 0 saturated heterocycles. The molecular weight excluding hydrogens is 274 g/mol. The molecule has 2 aromatic rings. The van der Waals surface area contributed by atoms with E-state index in [1.165, 1.54) is 5.56 Å². The molecule has 3 nitrogen and oxygen atoms in total. The third-order valence-electron chi connectivity index (χ3n) is 3.74. The van der Waals surface area contributed by atoms with Crippen molar-refractivity contribution >= 4 is 6.09 Å². The molecule has 1 amide bonds. The summed E-state index contributed by atoms with van der Waals surface area (Å²) in [6.07, 6.45) is 0.561. The monoisotopic (exact) mass is 297 g/mol. The Bertz CT molecular complexity index is 569. The minimum Gasteiger partial charge on any atom is -0.450 e. The van der Waals surface area contributed by atoms with E-state index in [1.54, 1.807) is 4.90 Å². The van der Waals surface area contributed by atoms with Crippen molar-refractivity contribution in [3.05, 3.63) is 71.8 Å². The first kappa shape index (κ1) is 16.1. The van der Waals surface area contributed by atoms with Gasteiger partial charge in [0.15, 0.2) is 0 Å². The van der Waals surface area contributed by atoms with E-state index in [0.717, 1.165) is 12.0 Å². The summed E-state index contributed by atoms with van der Waals surface area (Å²) in [4.78, 5) is 14.1. The predicted molar refractivity (Wildman–Crippen MR) is 88.7 cm³/mol. The zero-order chi connectivity index (χ0) is 15.8. The molecule has 1 unspecified atom stereocenters. The Kier molecular flexibility index (Phi) is 6.01. The summed E-state index contributed by atoms with van der Waals surface area (Å²) in [7, 11) is 0. The van der Waals surface area contributed by atoms with Crippen LogP contribution in [0.15, 0.2) is 60.7 Å². The van der Waals surface area contributed by atoms with E-state index in [1.807, 2.05) is 62.4 Å². The highest BCUT2D eigenvalue weighted by atomic mass is 16.6. The van der Waals surface area contributed by atoms with Gasteiger partial charge >= 0.3 is 6.09 Å². The zero-order valence-electron chi connectivity index (χ0n) is 13.2. The maximum Gasteiger partial charge on any atom is 0.410 e. The van der Waals surface area contributed by atoms with Crippen molar-refractivity contribution < 1.29 is 9.53 Å². The second-order valence-corrected chi connectivity index (χ2v) is 5.21. The van der Waals surface area contributed by atoms with E-state index in [9.17, 15) is 4.79 Å². The predicted octanol–water partition coefficient (Wildman–Crippen LogP) is 4.45. The maximum atomic E-state index is 12.3. The van der Waals surface area contributed by atoms with Crippen LogP contribution >= 0.6 is 0 Å². The number of benzene rings is 2. The molecule has 116 valence electrons. The second-order valence-electron chi connectivity index (χ2n) is 5.21. The molecule has 0 aliphatic carbocycles. The van der Waals surface area contributed by atoms with Gasteiger partial charge < -0.3 is 9.64 Å². The van der Waals surface area contributed by atoms with Crippen LogP contribution in [-0.2, 0) is 11.2 Å². The lowest BCUT2D eigenvalue weighted by Gasteiger charge is -2.28. The molecule has 2 rings (SSSR count). The Hall–Kier alpha value is -2.29. The van der Waals surface area contributed by atoms with Gasteiger partial charge in [0.2, 0.25) is 0 Å². The van der Waals surface area contributed by atoms with Crippen LogP contribution in [0, 0.1) is 0 Å². The Balaban J connectivity index is 2.10. The minimum atomic E-state index is -0.255. The molecule has 0 fully saturated rings. The molecule has 0 heterocycles. The average Bonchev–Trinajstić information content (AvgIpc) is 2.57. The van der Waals surface area contributed by atoms with Crippen molar-refractivity contribution in [2.75, 3.05) is 13.2 Å². The van der Waals surface area contributed by atoms with Crippen molar-refractivity contribution in [1.29, 1.82) is 0 Å². The highest BCUT2D eigenvalue weighted by molar-refractivity contribution is 5.68. The normalized spacial score (nSPS) is 11.7. The first-order chi connectivity index (χ1) is 10.7. The Morgan fingerprint density at radius 1 is 1.05 bits per heavy atom. The van der Waals surface area contributed by atoms with Crippen molar-refractivity contribution in [2.24, 2.45) is 0 Å². The van der Waals surface area contributed by atoms with Crippen LogP contribution in [0.4, 0.5) is 4.79 Å². The molecule has 0 aliphatic heterocycles. The van der Waals surface area contributed by atoms with Gasteiger partial charge in [0.05, 0.1) is 12.6 Å². The SMILES string of the molecule is CCOC(=O)N(CCc1ccccc1)C(C)c1ccccc1. The van der Waals surface area contributed by atoms with Crippen molar-refractivity contribution in [2.45, 2.75) is 26.3 Å². The zero-order valence-corrected chi connectivity index (χ0v) is 13.2. The average molecular weight is 297 g/mol. The molecular formula is C19H23NO2. The smallest absolute Gasteiger partial charge is 0.410 e. The van der Waals surface area contributed by atoms with E-state index >= 15 is 0 Å². The first-order valence-electron chi connectivity index (χ1n) is 7.74. The Morgan fingerprint density at radius 2 is 1.64 bits per heavy atom. The third kappa shape index (κ3) is 4.35. The van der Waals surface area contributed by atoms with Gasteiger partial charge in [-0.2, -0.15) is 0 Å². The van der Waals surface area contributed by atoms with Crippen LogP contribution in [0.2, 0.25) is 0 Å². The fourth-order valence-corrected chi connectivity index (χ4v) is 2.46. The van der Waals surface area contributed by atoms with E-state index in [4.69, 9.17) is 4.74 Å². The van der Waals surface area contributed by atoms with E-state index in [2.05, 4.69) is 12.1 Å². The molecule has 1 atom stereocenters. The minimum absolute atomic E-state index is 0.0102. The van der Waals surface area contributed by atoms with E-state index in [0.29, 0.717) is 13.2 Å². The number of carbonyl (C=O) groups excluding carboxylic acids is 1. The molecule has 0 bridgehead atoms. The van der Waals surface area contributed by atoms with Gasteiger partial charge in [-0.05, 0) is 31.4 Å². The molecule has 0 aromatic heterocycles. The molecule has 22 heavy (non-hydrogen) atoms. The lowest BCUT2D eigenvalue weighted by Crippen LogP contribution is -2.35. The van der Waals surface area contributed by atoms with Gasteiger partial charge in [0.1, 0.15) is 0 Å². The van der Waals surface area contributed by atoms with E-state index < -0.39 is 0 Å². The summed E-state index contributed by atoms with van der Waals surface area (Å²) >= 11 is 0. The molecule has 0 aliphatic rings. The second kappa shape index (κ2) is 8.23. The summed E-state index contributed by atoms with van der Waals surface area (Å²) in [5.41, 5.74) is 2.33. The Morgan fingerprint density at radius 3 is 2.23 bits per heavy atom. The van der Waals surface area contributed by atoms with Crippen LogP contribution in [0.5, 0.6) is 0 Å². The van der Waals surface area contributed by atoms with Crippen molar-refractivity contribution in [3.63, 3.8) is 0 Å². The van der Waals surface area contributed by atoms with Crippen LogP contribution in [-0.4, -0.2) is 24.1 Å². The lowest BCUT2D eigenvalue weighted by molar-refractivity contribution is 0.0934. The molecule has 2 aromatic carbocycles. The number of hydrogen-bond acceptors (Lipinski definition) is 2. The highest BCUT2D eigenvalue weighted by Gasteiger charge is 2.22. The lowest BCUT2D eigenvalue weighted by atomic mass is 10.1. The quantitative estimate of drug-likeness (QED) is 0.788. The van der Waals surface area contributed by atoms with Gasteiger partial charge in [0, 0.05) is 6.54 Å². The molecule has 3 heteroatoms. The summed E-state index contributed by atoms with van der Waals surface area (Å²) in [6, 6.07) is 20.2. The topological polar surface area (TPSA) is 29.5 Å². The number of rotatable bonds is 6. The maximum absolute atomic E-state index is 12.3. The van der Waals surface area contributed by atoms with Crippen molar-refractivity contribution in [1.82, 2.24) is 4.90 Å². The fraction of sp³-hybridized carbons (Fsp3) is 0.316. The number of ether oxygens (including phenoxy) is 1. The Labute approximate surface area is 132 Å². The fourth-order valence-electron chi connectivity index (χ4n) is 2.46. The molecule has 0 saturated carbocycles. The molecule has 0 N–H and O–H groups in total. The number of hydrogen-bond donors (Lipinski definition) is 0. The van der Waals surface area contributed by atoms with Crippen molar-refractivity contribution in [3.8, 4) is 0 Å². The first-order valence-corrected chi connectivity index (χ1v) is 7.74. The highest BCUT2D eigenvalue weighted by Crippen LogP contribution is 2.21. The largest absolute Gasteiger partial charge is 0.450 e. The standard InChI is InChI=1S/C19H23NO2/c1-3-22-19(21)20(15-14-17-10-6-4-7-11-17)16(2)18-12-8-5-9-13-18/h4-13,16H,3,14-15H2,1-2H3. The number of amides is 1. The van der Waals surface area contributed by atoms with Crippen LogP contribution in [0.1, 0.15) is 31.0 Å². The summed E-state index contributed by atoms with van der Waals surface area (Å²) in [6.45, 7) is 4.90. The molecule has 0 spiro atoms. The summed E-state index contributed by atoms with van der Waals surface area (Å²) in [5.74, 6) is 0. The van der Waals surface area contributed by atoms with E-state index in [-0.39, 0.29) is 12.1 Å². The van der Waals surface area contributed by atoms with Crippen LogP contribution < -0.4 is 0 Å². The summed E-state index contributed by atoms with van der Waals surface area (Å²) < 4.78 is 5.22. The van der Waals surface area contributed by atoms with Gasteiger partial charge in [0.25, 0.3) is 0 Å². The third-order valence-corrected chi connectivity index (χ3v) is 3.74. The van der Waals surface area contributed by atoms with Crippen LogP contribution in [0.25, 0.3) is 0 Å². The van der Waals surface area contributed by atoms with Gasteiger partial charge in [-0.15, -0.1) is 0 Å². The van der Waals surface area contributed by atoms with Crippen LogP contribution in [0.3, 0.4) is 0 Å². The number of nitrogens with zero attached hydrogens (tertiary/aromatic N) is 1. The number of carbonyl (C=O) groups is 1. The van der Waals surface area contributed by atoms with Gasteiger partial charge in [-0.25, -0.2) is 4.79 Å².